The number of carbonyl (C=O) groups is 1. The standard InChI is InChI=1S/C17H18N6O2S/c1-11-13-15(20-10-21(2)16(13)24)26-14(11)17(25)23-7-5-22(6-8-23)12-9-18-3-4-19-12/h3-4,9-10H,5-8H2,1-2H3. The Hall–Kier alpha value is -2.81. The van der Waals surface area contributed by atoms with Crippen molar-refractivity contribution in [3.05, 3.63) is 45.7 Å². The molecule has 134 valence electrons. The van der Waals surface area contributed by atoms with Crippen molar-refractivity contribution in [1.82, 2.24) is 24.4 Å². The minimum absolute atomic E-state index is 0.0358. The van der Waals surface area contributed by atoms with Gasteiger partial charge in [0.1, 0.15) is 10.6 Å². The quantitative estimate of drug-likeness (QED) is 0.671. The van der Waals surface area contributed by atoms with Crippen molar-refractivity contribution in [3.8, 4) is 0 Å². The summed E-state index contributed by atoms with van der Waals surface area (Å²) < 4.78 is 1.44. The second-order valence-electron chi connectivity index (χ2n) is 6.24. The van der Waals surface area contributed by atoms with Gasteiger partial charge in [-0.15, -0.1) is 11.3 Å². The maximum absolute atomic E-state index is 13.0. The molecule has 0 radical (unpaired) electrons. The molecule has 0 aromatic carbocycles. The van der Waals surface area contributed by atoms with Crippen LogP contribution >= 0.6 is 11.3 Å². The Bertz CT molecular complexity index is 1020. The summed E-state index contributed by atoms with van der Waals surface area (Å²) in [5.41, 5.74) is 0.607. The molecule has 0 saturated carbocycles. The highest BCUT2D eigenvalue weighted by molar-refractivity contribution is 7.20. The predicted molar refractivity (Wildman–Crippen MR) is 99.7 cm³/mol. The Morgan fingerprint density at radius 2 is 1.92 bits per heavy atom. The van der Waals surface area contributed by atoms with Gasteiger partial charge in [-0.3, -0.25) is 14.6 Å². The number of aryl methyl sites for hydroxylation is 2. The van der Waals surface area contributed by atoms with Crippen LogP contribution in [-0.4, -0.2) is 56.5 Å². The number of amides is 1. The first-order valence-electron chi connectivity index (χ1n) is 8.31. The number of nitrogens with zero attached hydrogens (tertiary/aromatic N) is 6. The molecule has 1 amide bonds. The lowest BCUT2D eigenvalue weighted by atomic mass is 10.2. The van der Waals surface area contributed by atoms with Gasteiger partial charge in [-0.1, -0.05) is 0 Å². The number of piperazine rings is 1. The Kier molecular flexibility index (Phi) is 4.15. The molecule has 0 atom stereocenters. The van der Waals surface area contributed by atoms with Gasteiger partial charge in [0.2, 0.25) is 0 Å². The van der Waals surface area contributed by atoms with E-state index < -0.39 is 0 Å². The summed E-state index contributed by atoms with van der Waals surface area (Å²) >= 11 is 1.29. The van der Waals surface area contributed by atoms with Crippen LogP contribution in [0.3, 0.4) is 0 Å². The van der Waals surface area contributed by atoms with Crippen molar-refractivity contribution in [2.75, 3.05) is 31.1 Å². The molecule has 8 nitrogen and oxygen atoms in total. The summed E-state index contributed by atoms with van der Waals surface area (Å²) in [7, 11) is 1.67. The first-order valence-corrected chi connectivity index (χ1v) is 9.13. The van der Waals surface area contributed by atoms with E-state index >= 15 is 0 Å². The number of rotatable bonds is 2. The molecule has 3 aromatic heterocycles. The van der Waals surface area contributed by atoms with Gasteiger partial charge in [-0.25, -0.2) is 9.97 Å². The molecule has 9 heteroatoms. The Balaban J connectivity index is 1.56. The van der Waals surface area contributed by atoms with E-state index in [0.29, 0.717) is 41.3 Å². The molecule has 0 unspecified atom stereocenters. The summed E-state index contributed by atoms with van der Waals surface area (Å²) in [5, 5.41) is 0.543. The van der Waals surface area contributed by atoms with Crippen molar-refractivity contribution >= 4 is 33.3 Å². The van der Waals surface area contributed by atoms with E-state index in [0.717, 1.165) is 11.4 Å². The van der Waals surface area contributed by atoms with E-state index in [1.165, 1.54) is 22.2 Å². The zero-order valence-electron chi connectivity index (χ0n) is 14.5. The highest BCUT2D eigenvalue weighted by Gasteiger charge is 2.27. The highest BCUT2D eigenvalue weighted by Crippen LogP contribution is 2.28. The van der Waals surface area contributed by atoms with E-state index in [2.05, 4.69) is 19.9 Å². The minimum Gasteiger partial charge on any atom is -0.352 e. The molecule has 4 rings (SSSR count). The molecule has 1 aliphatic heterocycles. The van der Waals surface area contributed by atoms with Crippen LogP contribution in [0.1, 0.15) is 15.2 Å². The summed E-state index contributed by atoms with van der Waals surface area (Å²) in [6.07, 6.45) is 6.54. The van der Waals surface area contributed by atoms with E-state index in [-0.39, 0.29) is 11.5 Å². The SMILES string of the molecule is Cc1c(C(=O)N2CCN(c3cnccn3)CC2)sc2ncn(C)c(=O)c12. The van der Waals surface area contributed by atoms with Crippen LogP contribution in [0, 0.1) is 6.92 Å². The fraction of sp³-hybridized carbons (Fsp3) is 0.353. The molecule has 0 bridgehead atoms. The highest BCUT2D eigenvalue weighted by atomic mass is 32.1. The number of thiophene rings is 1. The average molecular weight is 370 g/mol. The topological polar surface area (TPSA) is 84.2 Å². The molecule has 1 fully saturated rings. The zero-order chi connectivity index (χ0) is 18.3. The first kappa shape index (κ1) is 16.6. The van der Waals surface area contributed by atoms with Crippen LogP contribution in [0.4, 0.5) is 5.82 Å². The monoisotopic (exact) mass is 370 g/mol. The van der Waals surface area contributed by atoms with E-state index in [4.69, 9.17) is 0 Å². The van der Waals surface area contributed by atoms with Gasteiger partial charge in [0.15, 0.2) is 0 Å². The maximum atomic E-state index is 13.0. The zero-order valence-corrected chi connectivity index (χ0v) is 15.4. The maximum Gasteiger partial charge on any atom is 0.264 e. The summed E-state index contributed by atoms with van der Waals surface area (Å²) in [6, 6.07) is 0. The lowest BCUT2D eigenvalue weighted by Crippen LogP contribution is -2.49. The van der Waals surface area contributed by atoms with Crippen LogP contribution in [0.25, 0.3) is 10.2 Å². The van der Waals surface area contributed by atoms with Gasteiger partial charge in [-0.05, 0) is 12.5 Å². The van der Waals surface area contributed by atoms with Crippen molar-refractivity contribution in [1.29, 1.82) is 0 Å². The molecule has 1 aliphatic rings. The van der Waals surface area contributed by atoms with Crippen LogP contribution in [0.15, 0.2) is 29.7 Å². The average Bonchev–Trinajstić information content (AvgIpc) is 3.02. The van der Waals surface area contributed by atoms with Crippen LogP contribution in [0.5, 0.6) is 0 Å². The Morgan fingerprint density at radius 1 is 1.15 bits per heavy atom. The summed E-state index contributed by atoms with van der Waals surface area (Å²) in [6.45, 7) is 4.44. The van der Waals surface area contributed by atoms with Gasteiger partial charge in [0, 0.05) is 45.6 Å². The third-order valence-electron chi connectivity index (χ3n) is 4.65. The summed E-state index contributed by atoms with van der Waals surface area (Å²) in [5.74, 6) is 0.789. The van der Waals surface area contributed by atoms with Gasteiger partial charge >= 0.3 is 0 Å². The molecule has 0 aliphatic carbocycles. The fourth-order valence-corrected chi connectivity index (χ4v) is 4.26. The molecule has 0 N–H and O–H groups in total. The van der Waals surface area contributed by atoms with Crippen LogP contribution in [-0.2, 0) is 7.05 Å². The molecular formula is C17H18N6O2S. The number of anilines is 1. The van der Waals surface area contributed by atoms with E-state index in [1.54, 1.807) is 25.6 Å². The molecule has 0 spiro atoms. The first-order chi connectivity index (χ1) is 12.6. The number of carbonyl (C=O) groups excluding carboxylic acids is 1. The number of fused-ring (bicyclic) bond motifs is 1. The lowest BCUT2D eigenvalue weighted by molar-refractivity contribution is 0.0751. The van der Waals surface area contributed by atoms with Gasteiger partial charge in [0.05, 0.1) is 22.8 Å². The molecular weight excluding hydrogens is 352 g/mol. The fourth-order valence-electron chi connectivity index (χ4n) is 3.15. The lowest BCUT2D eigenvalue weighted by Gasteiger charge is -2.35. The summed E-state index contributed by atoms with van der Waals surface area (Å²) in [4.78, 5) is 43.2. The third-order valence-corrected chi connectivity index (χ3v) is 5.83. The van der Waals surface area contributed by atoms with Crippen molar-refractivity contribution in [2.24, 2.45) is 7.05 Å². The molecule has 3 aromatic rings. The van der Waals surface area contributed by atoms with Gasteiger partial charge in [0.25, 0.3) is 11.5 Å². The number of hydrogen-bond acceptors (Lipinski definition) is 7. The number of aromatic nitrogens is 4. The Morgan fingerprint density at radius 3 is 2.62 bits per heavy atom. The van der Waals surface area contributed by atoms with Gasteiger partial charge in [-0.2, -0.15) is 0 Å². The predicted octanol–water partition coefficient (Wildman–Crippen LogP) is 1.06. The van der Waals surface area contributed by atoms with Crippen LogP contribution in [0.2, 0.25) is 0 Å². The van der Waals surface area contributed by atoms with Crippen molar-refractivity contribution in [3.63, 3.8) is 0 Å². The molecule has 26 heavy (non-hydrogen) atoms. The van der Waals surface area contributed by atoms with Crippen molar-refractivity contribution < 1.29 is 4.79 Å². The second kappa shape index (κ2) is 6.49. The van der Waals surface area contributed by atoms with Crippen molar-refractivity contribution in [2.45, 2.75) is 6.92 Å². The largest absolute Gasteiger partial charge is 0.352 e. The van der Waals surface area contributed by atoms with E-state index in [1.807, 2.05) is 11.8 Å². The smallest absolute Gasteiger partial charge is 0.264 e. The van der Waals surface area contributed by atoms with Gasteiger partial charge < -0.3 is 14.4 Å². The van der Waals surface area contributed by atoms with E-state index in [9.17, 15) is 9.59 Å². The molecule has 1 saturated heterocycles. The molecule has 4 heterocycles. The second-order valence-corrected chi connectivity index (χ2v) is 7.24. The Labute approximate surface area is 153 Å². The number of hydrogen-bond donors (Lipinski definition) is 0. The third kappa shape index (κ3) is 2.74. The minimum atomic E-state index is -0.115. The van der Waals surface area contributed by atoms with Crippen LogP contribution < -0.4 is 10.5 Å². The normalized spacial score (nSPS) is 14.8.